The lowest BCUT2D eigenvalue weighted by molar-refractivity contribution is -0.0290. The Morgan fingerprint density at radius 3 is 2.67 bits per heavy atom. The standard InChI is InChI=1S/C7H13FO/c1-4-7(8)9-5-6(2)3/h7H,2,4-5H2,1,3H3. The zero-order chi connectivity index (χ0) is 7.28. The molecule has 1 unspecified atom stereocenters. The highest BCUT2D eigenvalue weighted by atomic mass is 19.1. The van der Waals surface area contributed by atoms with E-state index in [1.54, 1.807) is 6.92 Å². The fourth-order valence-electron chi connectivity index (χ4n) is 0.351. The molecule has 0 saturated heterocycles. The smallest absolute Gasteiger partial charge is 0.198 e. The van der Waals surface area contributed by atoms with E-state index in [0.29, 0.717) is 13.0 Å². The molecule has 0 saturated carbocycles. The summed E-state index contributed by atoms with van der Waals surface area (Å²) in [6, 6.07) is 0. The molecule has 2 heteroatoms. The summed E-state index contributed by atoms with van der Waals surface area (Å²) in [5, 5.41) is 0. The first-order valence-corrected chi connectivity index (χ1v) is 3.07. The number of ether oxygens (including phenoxy) is 1. The Bertz CT molecular complexity index is 90.9. The Kier molecular flexibility index (Phi) is 4.32. The van der Waals surface area contributed by atoms with Gasteiger partial charge in [0.05, 0.1) is 6.61 Å². The van der Waals surface area contributed by atoms with Crippen molar-refractivity contribution in [2.75, 3.05) is 6.61 Å². The average molecular weight is 132 g/mol. The molecule has 0 spiro atoms. The predicted octanol–water partition coefficient (Wildman–Crippen LogP) is 2.28. The summed E-state index contributed by atoms with van der Waals surface area (Å²) in [6.45, 7) is 7.45. The largest absolute Gasteiger partial charge is 0.344 e. The summed E-state index contributed by atoms with van der Waals surface area (Å²) in [7, 11) is 0. The Labute approximate surface area is 55.5 Å². The molecule has 0 aromatic heterocycles. The first-order valence-electron chi connectivity index (χ1n) is 3.07. The Morgan fingerprint density at radius 2 is 2.33 bits per heavy atom. The van der Waals surface area contributed by atoms with Gasteiger partial charge in [0.2, 0.25) is 0 Å². The summed E-state index contributed by atoms with van der Waals surface area (Å²) in [6.07, 6.45) is -0.713. The fraction of sp³-hybridized carbons (Fsp3) is 0.714. The van der Waals surface area contributed by atoms with Crippen molar-refractivity contribution >= 4 is 0 Å². The minimum absolute atomic E-state index is 0.328. The maximum atomic E-state index is 12.2. The van der Waals surface area contributed by atoms with E-state index >= 15 is 0 Å². The van der Waals surface area contributed by atoms with Gasteiger partial charge in [-0.1, -0.05) is 19.1 Å². The lowest BCUT2D eigenvalue weighted by atomic mass is 10.4. The number of hydrogen-bond acceptors (Lipinski definition) is 1. The second-order valence-corrected chi connectivity index (χ2v) is 2.09. The van der Waals surface area contributed by atoms with Crippen molar-refractivity contribution in [3.05, 3.63) is 12.2 Å². The van der Waals surface area contributed by atoms with Crippen molar-refractivity contribution in [3.63, 3.8) is 0 Å². The number of rotatable bonds is 4. The third-order valence-electron chi connectivity index (χ3n) is 0.832. The van der Waals surface area contributed by atoms with Crippen LogP contribution in [0.2, 0.25) is 0 Å². The average Bonchev–Trinajstić information content (AvgIpc) is 1.83. The zero-order valence-electron chi connectivity index (χ0n) is 5.98. The molecule has 0 aromatic rings. The SMILES string of the molecule is C=C(C)COC(F)CC. The molecule has 0 aliphatic heterocycles. The van der Waals surface area contributed by atoms with Gasteiger partial charge in [-0.05, 0) is 6.92 Å². The quantitative estimate of drug-likeness (QED) is 0.533. The van der Waals surface area contributed by atoms with Gasteiger partial charge in [-0.3, -0.25) is 0 Å². The third kappa shape index (κ3) is 5.50. The van der Waals surface area contributed by atoms with Crippen LogP contribution in [0.15, 0.2) is 12.2 Å². The van der Waals surface area contributed by atoms with Crippen molar-refractivity contribution in [2.24, 2.45) is 0 Å². The topological polar surface area (TPSA) is 9.23 Å². The van der Waals surface area contributed by atoms with Crippen molar-refractivity contribution in [3.8, 4) is 0 Å². The molecule has 0 aliphatic carbocycles. The molecule has 0 amide bonds. The van der Waals surface area contributed by atoms with E-state index in [2.05, 4.69) is 11.3 Å². The highest BCUT2D eigenvalue weighted by Crippen LogP contribution is 2.00. The van der Waals surface area contributed by atoms with Crippen LogP contribution < -0.4 is 0 Å². The van der Waals surface area contributed by atoms with E-state index in [1.807, 2.05) is 6.92 Å². The van der Waals surface area contributed by atoms with Gasteiger partial charge in [-0.15, -0.1) is 0 Å². The normalized spacial score (nSPS) is 13.2. The minimum Gasteiger partial charge on any atom is -0.344 e. The van der Waals surface area contributed by atoms with Gasteiger partial charge < -0.3 is 4.74 Å². The zero-order valence-corrected chi connectivity index (χ0v) is 5.98. The Morgan fingerprint density at radius 1 is 1.78 bits per heavy atom. The van der Waals surface area contributed by atoms with Gasteiger partial charge in [0.25, 0.3) is 0 Å². The molecule has 0 heterocycles. The summed E-state index contributed by atoms with van der Waals surface area (Å²) in [5.41, 5.74) is 0.853. The summed E-state index contributed by atoms with van der Waals surface area (Å²) in [4.78, 5) is 0. The van der Waals surface area contributed by atoms with Gasteiger partial charge in [0.15, 0.2) is 6.36 Å². The predicted molar refractivity (Wildman–Crippen MR) is 36.0 cm³/mol. The molecule has 0 aromatic carbocycles. The third-order valence-corrected chi connectivity index (χ3v) is 0.832. The molecular formula is C7H13FO. The summed E-state index contributed by atoms with van der Waals surface area (Å²) < 4.78 is 16.9. The first-order chi connectivity index (χ1) is 4.16. The van der Waals surface area contributed by atoms with Crippen molar-refractivity contribution in [1.82, 2.24) is 0 Å². The molecule has 0 bridgehead atoms. The molecule has 0 radical (unpaired) electrons. The molecule has 0 rings (SSSR count). The van der Waals surface area contributed by atoms with Gasteiger partial charge in [0.1, 0.15) is 0 Å². The maximum Gasteiger partial charge on any atom is 0.198 e. The van der Waals surface area contributed by atoms with E-state index in [0.717, 1.165) is 5.57 Å². The first kappa shape index (κ1) is 8.63. The molecule has 0 aliphatic rings. The van der Waals surface area contributed by atoms with Crippen LogP contribution in [-0.2, 0) is 4.74 Å². The van der Waals surface area contributed by atoms with Gasteiger partial charge >= 0.3 is 0 Å². The lowest BCUT2D eigenvalue weighted by Crippen LogP contribution is -2.05. The van der Waals surface area contributed by atoms with Crippen LogP contribution in [0.25, 0.3) is 0 Å². The number of hydrogen-bond donors (Lipinski definition) is 0. The van der Waals surface area contributed by atoms with E-state index in [4.69, 9.17) is 0 Å². The van der Waals surface area contributed by atoms with Gasteiger partial charge in [0, 0.05) is 6.42 Å². The van der Waals surface area contributed by atoms with E-state index < -0.39 is 6.36 Å². The summed E-state index contributed by atoms with van der Waals surface area (Å²) >= 11 is 0. The molecule has 54 valence electrons. The molecule has 1 nitrogen and oxygen atoms in total. The fourth-order valence-corrected chi connectivity index (χ4v) is 0.351. The van der Waals surface area contributed by atoms with Crippen molar-refractivity contribution < 1.29 is 9.13 Å². The number of halogens is 1. The lowest BCUT2D eigenvalue weighted by Gasteiger charge is -2.05. The molecule has 9 heavy (non-hydrogen) atoms. The van der Waals surface area contributed by atoms with Gasteiger partial charge in [-0.25, -0.2) is 4.39 Å². The van der Waals surface area contributed by atoms with Crippen LogP contribution in [0.4, 0.5) is 4.39 Å². The van der Waals surface area contributed by atoms with E-state index in [1.165, 1.54) is 0 Å². The van der Waals surface area contributed by atoms with Crippen molar-refractivity contribution in [1.29, 1.82) is 0 Å². The summed E-state index contributed by atoms with van der Waals surface area (Å²) in [5.74, 6) is 0. The Hall–Kier alpha value is -0.370. The highest BCUT2D eigenvalue weighted by Gasteiger charge is 2.00. The van der Waals surface area contributed by atoms with Gasteiger partial charge in [-0.2, -0.15) is 0 Å². The van der Waals surface area contributed by atoms with Crippen LogP contribution in [-0.4, -0.2) is 13.0 Å². The van der Waals surface area contributed by atoms with Crippen molar-refractivity contribution in [2.45, 2.75) is 26.6 Å². The second kappa shape index (κ2) is 4.50. The van der Waals surface area contributed by atoms with Crippen LogP contribution in [0, 0.1) is 0 Å². The monoisotopic (exact) mass is 132 g/mol. The van der Waals surface area contributed by atoms with Crippen LogP contribution >= 0.6 is 0 Å². The molecule has 1 atom stereocenters. The molecule has 0 fully saturated rings. The van der Waals surface area contributed by atoms with Crippen LogP contribution in [0.5, 0.6) is 0 Å². The van der Waals surface area contributed by atoms with E-state index in [9.17, 15) is 4.39 Å². The van der Waals surface area contributed by atoms with Crippen LogP contribution in [0.3, 0.4) is 0 Å². The minimum atomic E-state index is -1.12. The Balaban J connectivity index is 3.16. The molecular weight excluding hydrogens is 119 g/mol. The highest BCUT2D eigenvalue weighted by molar-refractivity contribution is 4.87. The second-order valence-electron chi connectivity index (χ2n) is 2.09. The van der Waals surface area contributed by atoms with E-state index in [-0.39, 0.29) is 0 Å². The van der Waals surface area contributed by atoms with Crippen LogP contribution in [0.1, 0.15) is 20.3 Å². The maximum absolute atomic E-state index is 12.2. The number of alkyl halides is 1. The molecule has 0 N–H and O–H groups in total.